The van der Waals surface area contributed by atoms with Crippen LogP contribution in [0.5, 0.6) is 0 Å². The van der Waals surface area contributed by atoms with E-state index in [0.29, 0.717) is 6.54 Å². The molecule has 116 valence electrons. The molecule has 0 fully saturated rings. The van der Waals surface area contributed by atoms with Crippen LogP contribution in [0, 0.1) is 19.7 Å². The Hall–Kier alpha value is -2.20. The van der Waals surface area contributed by atoms with E-state index in [9.17, 15) is 9.18 Å². The van der Waals surface area contributed by atoms with Crippen LogP contribution < -0.4 is 5.32 Å². The number of amides is 1. The number of hydrogen-bond donors (Lipinski definition) is 1. The number of para-hydroxylation sites is 1. The Bertz CT molecular complexity index is 650. The molecular weight excluding hydrogens is 279 g/mol. The molecule has 1 N–H and O–H groups in total. The predicted molar refractivity (Wildman–Crippen MR) is 87.3 cm³/mol. The van der Waals surface area contributed by atoms with Gasteiger partial charge in [0.2, 0.25) is 5.91 Å². The molecule has 3 nitrogen and oxygen atoms in total. The van der Waals surface area contributed by atoms with Crippen molar-refractivity contribution < 1.29 is 9.18 Å². The standard InChI is InChI=1S/C18H21FN2O/c1-13-6-4-7-14(2)18(13)20-17(22)12-21(3)11-15-8-5-9-16(19)10-15/h4-10H,11-12H2,1-3H3,(H,20,22). The summed E-state index contributed by atoms with van der Waals surface area (Å²) >= 11 is 0. The summed E-state index contributed by atoms with van der Waals surface area (Å²) in [6.45, 7) is 4.72. The monoisotopic (exact) mass is 300 g/mol. The molecule has 0 radical (unpaired) electrons. The van der Waals surface area contributed by atoms with E-state index in [0.717, 1.165) is 22.4 Å². The molecule has 0 saturated carbocycles. The van der Waals surface area contributed by atoms with E-state index in [2.05, 4.69) is 5.32 Å². The number of anilines is 1. The Morgan fingerprint density at radius 2 is 1.77 bits per heavy atom. The molecule has 0 aromatic heterocycles. The van der Waals surface area contributed by atoms with Gasteiger partial charge in [-0.05, 0) is 49.7 Å². The topological polar surface area (TPSA) is 32.3 Å². The molecule has 0 aliphatic carbocycles. The first-order valence-electron chi connectivity index (χ1n) is 7.25. The van der Waals surface area contributed by atoms with Crippen LogP contribution in [0.25, 0.3) is 0 Å². The fourth-order valence-electron chi connectivity index (χ4n) is 2.44. The van der Waals surface area contributed by atoms with Gasteiger partial charge in [0, 0.05) is 12.2 Å². The predicted octanol–water partition coefficient (Wildman–Crippen LogP) is 3.51. The van der Waals surface area contributed by atoms with E-state index in [4.69, 9.17) is 0 Å². The van der Waals surface area contributed by atoms with Gasteiger partial charge in [-0.25, -0.2) is 4.39 Å². The number of nitrogens with one attached hydrogen (secondary N) is 1. The zero-order valence-electron chi connectivity index (χ0n) is 13.2. The number of aryl methyl sites for hydroxylation is 2. The average molecular weight is 300 g/mol. The molecule has 0 spiro atoms. The van der Waals surface area contributed by atoms with Crippen molar-refractivity contribution in [2.45, 2.75) is 20.4 Å². The highest BCUT2D eigenvalue weighted by molar-refractivity contribution is 5.93. The second-order valence-corrected chi connectivity index (χ2v) is 5.62. The second kappa shape index (κ2) is 7.18. The molecule has 2 aromatic rings. The van der Waals surface area contributed by atoms with Crippen molar-refractivity contribution in [1.82, 2.24) is 4.90 Å². The lowest BCUT2D eigenvalue weighted by Gasteiger charge is -2.18. The minimum atomic E-state index is -0.258. The van der Waals surface area contributed by atoms with Crippen LogP contribution in [0.4, 0.5) is 10.1 Å². The van der Waals surface area contributed by atoms with E-state index in [1.54, 1.807) is 6.07 Å². The summed E-state index contributed by atoms with van der Waals surface area (Å²) in [5, 5.41) is 2.95. The summed E-state index contributed by atoms with van der Waals surface area (Å²) in [7, 11) is 1.84. The third kappa shape index (κ3) is 4.40. The molecule has 0 unspecified atom stereocenters. The van der Waals surface area contributed by atoms with Crippen LogP contribution >= 0.6 is 0 Å². The molecule has 0 aliphatic rings. The SMILES string of the molecule is Cc1cccc(C)c1NC(=O)CN(C)Cc1cccc(F)c1. The number of carbonyl (C=O) groups is 1. The van der Waals surface area contributed by atoms with Crippen LogP contribution in [0.15, 0.2) is 42.5 Å². The minimum absolute atomic E-state index is 0.0729. The fourth-order valence-corrected chi connectivity index (χ4v) is 2.44. The van der Waals surface area contributed by atoms with Gasteiger partial charge < -0.3 is 5.32 Å². The Kier molecular flexibility index (Phi) is 5.28. The van der Waals surface area contributed by atoms with Crippen molar-refractivity contribution in [2.24, 2.45) is 0 Å². The van der Waals surface area contributed by atoms with E-state index in [1.807, 2.05) is 50.1 Å². The van der Waals surface area contributed by atoms with E-state index >= 15 is 0 Å². The zero-order valence-corrected chi connectivity index (χ0v) is 13.2. The smallest absolute Gasteiger partial charge is 0.238 e. The normalized spacial score (nSPS) is 10.8. The maximum Gasteiger partial charge on any atom is 0.238 e. The van der Waals surface area contributed by atoms with Gasteiger partial charge in [-0.1, -0.05) is 30.3 Å². The van der Waals surface area contributed by atoms with Crippen molar-refractivity contribution in [3.05, 3.63) is 65.0 Å². The van der Waals surface area contributed by atoms with Crippen molar-refractivity contribution in [2.75, 3.05) is 18.9 Å². The molecule has 0 heterocycles. The lowest BCUT2D eigenvalue weighted by molar-refractivity contribution is -0.117. The number of rotatable bonds is 5. The van der Waals surface area contributed by atoms with Gasteiger partial charge in [-0.15, -0.1) is 0 Å². The summed E-state index contributed by atoms with van der Waals surface area (Å²) in [6, 6.07) is 12.3. The number of likely N-dealkylation sites (N-methyl/N-ethyl adjacent to an activating group) is 1. The van der Waals surface area contributed by atoms with Crippen LogP contribution in [0.3, 0.4) is 0 Å². The first-order chi connectivity index (χ1) is 10.5. The fraction of sp³-hybridized carbons (Fsp3) is 0.278. The molecule has 0 atom stereocenters. The summed E-state index contributed by atoms with van der Waals surface area (Å²) in [6.07, 6.45) is 0. The number of hydrogen-bond acceptors (Lipinski definition) is 2. The summed E-state index contributed by atoms with van der Waals surface area (Å²) < 4.78 is 13.2. The van der Waals surface area contributed by atoms with Crippen molar-refractivity contribution >= 4 is 11.6 Å². The van der Waals surface area contributed by atoms with Gasteiger partial charge in [0.05, 0.1) is 6.54 Å². The summed E-state index contributed by atoms with van der Waals surface area (Å²) in [4.78, 5) is 14.0. The van der Waals surface area contributed by atoms with Crippen molar-refractivity contribution in [1.29, 1.82) is 0 Å². The first kappa shape index (κ1) is 16.2. The number of nitrogens with zero attached hydrogens (tertiary/aromatic N) is 1. The van der Waals surface area contributed by atoms with E-state index < -0.39 is 0 Å². The lowest BCUT2D eigenvalue weighted by atomic mass is 10.1. The molecule has 4 heteroatoms. The van der Waals surface area contributed by atoms with Crippen LogP contribution in [0.1, 0.15) is 16.7 Å². The maximum atomic E-state index is 13.2. The van der Waals surface area contributed by atoms with Gasteiger partial charge in [-0.2, -0.15) is 0 Å². The van der Waals surface area contributed by atoms with Crippen LogP contribution in [0.2, 0.25) is 0 Å². The number of carbonyl (C=O) groups excluding carboxylic acids is 1. The van der Waals surface area contributed by atoms with Gasteiger partial charge in [0.1, 0.15) is 5.82 Å². The Morgan fingerprint density at radius 3 is 2.41 bits per heavy atom. The zero-order chi connectivity index (χ0) is 16.1. The largest absolute Gasteiger partial charge is 0.324 e. The highest BCUT2D eigenvalue weighted by Gasteiger charge is 2.10. The van der Waals surface area contributed by atoms with Crippen molar-refractivity contribution in [3.63, 3.8) is 0 Å². The molecule has 22 heavy (non-hydrogen) atoms. The average Bonchev–Trinajstić information content (AvgIpc) is 2.43. The molecule has 1 amide bonds. The Morgan fingerprint density at radius 1 is 1.14 bits per heavy atom. The highest BCUT2D eigenvalue weighted by atomic mass is 19.1. The Balaban J connectivity index is 1.94. The summed E-state index contributed by atoms with van der Waals surface area (Å²) in [5.74, 6) is -0.331. The molecule has 2 rings (SSSR count). The highest BCUT2D eigenvalue weighted by Crippen LogP contribution is 2.19. The second-order valence-electron chi connectivity index (χ2n) is 5.62. The molecule has 0 bridgehead atoms. The quantitative estimate of drug-likeness (QED) is 0.916. The molecular formula is C18H21FN2O. The number of benzene rings is 2. The van der Waals surface area contributed by atoms with Gasteiger partial charge in [0.25, 0.3) is 0 Å². The molecule has 0 aliphatic heterocycles. The lowest BCUT2D eigenvalue weighted by Crippen LogP contribution is -2.30. The van der Waals surface area contributed by atoms with Gasteiger partial charge in [-0.3, -0.25) is 9.69 Å². The van der Waals surface area contributed by atoms with Crippen LogP contribution in [-0.2, 0) is 11.3 Å². The van der Waals surface area contributed by atoms with Gasteiger partial charge >= 0.3 is 0 Å². The molecule has 2 aromatic carbocycles. The minimum Gasteiger partial charge on any atom is -0.324 e. The summed E-state index contributed by atoms with van der Waals surface area (Å²) in [5.41, 5.74) is 3.80. The van der Waals surface area contributed by atoms with E-state index in [-0.39, 0.29) is 18.3 Å². The third-order valence-corrected chi connectivity index (χ3v) is 3.50. The van der Waals surface area contributed by atoms with E-state index in [1.165, 1.54) is 12.1 Å². The first-order valence-corrected chi connectivity index (χ1v) is 7.25. The Labute approximate surface area is 130 Å². The molecule has 0 saturated heterocycles. The van der Waals surface area contributed by atoms with Gasteiger partial charge in [0.15, 0.2) is 0 Å². The third-order valence-electron chi connectivity index (χ3n) is 3.50. The maximum absolute atomic E-state index is 13.2. The number of halogens is 1. The van der Waals surface area contributed by atoms with Crippen LogP contribution in [-0.4, -0.2) is 24.4 Å². The van der Waals surface area contributed by atoms with Crippen molar-refractivity contribution in [3.8, 4) is 0 Å².